The zero-order valence-electron chi connectivity index (χ0n) is 25.1. The van der Waals surface area contributed by atoms with Crippen molar-refractivity contribution >= 4 is 50.7 Å². The molecular weight excluding hydrogens is 609 g/mol. The third-order valence-electron chi connectivity index (χ3n) is 6.75. The van der Waals surface area contributed by atoms with Gasteiger partial charge in [0.15, 0.2) is 0 Å². The van der Waals surface area contributed by atoms with Crippen LogP contribution >= 0.6 is 23.2 Å². The maximum Gasteiger partial charge on any atom is 0.264 e. The van der Waals surface area contributed by atoms with Crippen LogP contribution in [-0.4, -0.2) is 50.9 Å². The Balaban J connectivity index is 2.07. The number of benzene rings is 3. The molecule has 43 heavy (non-hydrogen) atoms. The first-order valence-electron chi connectivity index (χ1n) is 14.2. The Morgan fingerprint density at radius 3 is 2.16 bits per heavy atom. The highest BCUT2D eigenvalue weighted by Crippen LogP contribution is 2.28. The number of amides is 2. The van der Waals surface area contributed by atoms with E-state index in [0.29, 0.717) is 40.9 Å². The summed E-state index contributed by atoms with van der Waals surface area (Å²) in [4.78, 5) is 29.0. The highest BCUT2D eigenvalue weighted by Gasteiger charge is 2.34. The Hall–Kier alpha value is -3.27. The van der Waals surface area contributed by atoms with Crippen LogP contribution < -0.4 is 14.4 Å². The maximum absolute atomic E-state index is 14.2. The smallest absolute Gasteiger partial charge is 0.264 e. The predicted molar refractivity (Wildman–Crippen MR) is 172 cm³/mol. The molecule has 3 aromatic carbocycles. The van der Waals surface area contributed by atoms with E-state index in [-0.39, 0.29) is 29.0 Å². The van der Waals surface area contributed by atoms with Crippen LogP contribution in [0.2, 0.25) is 10.0 Å². The molecule has 0 bridgehead atoms. The minimum absolute atomic E-state index is 0.0237. The second kappa shape index (κ2) is 15.5. The molecule has 0 saturated heterocycles. The first kappa shape index (κ1) is 34.2. The SMILES string of the molecule is CCOc1ccc(N(CC(=O)N(Cc2ccc(Cl)cc2Cl)[C@H](CC)C(=O)NCC(C)C)S(=O)(=O)c2ccc(C)cc2)cc1. The monoisotopic (exact) mass is 647 g/mol. The Morgan fingerprint density at radius 2 is 1.60 bits per heavy atom. The summed E-state index contributed by atoms with van der Waals surface area (Å²) in [5.41, 5.74) is 1.74. The van der Waals surface area contributed by atoms with Crippen molar-refractivity contribution in [1.29, 1.82) is 0 Å². The van der Waals surface area contributed by atoms with Crippen molar-refractivity contribution in [3.05, 3.63) is 87.9 Å². The molecule has 0 saturated carbocycles. The average molecular weight is 649 g/mol. The summed E-state index contributed by atoms with van der Waals surface area (Å²) >= 11 is 12.6. The first-order valence-corrected chi connectivity index (χ1v) is 16.4. The number of hydrogen-bond donors (Lipinski definition) is 1. The lowest BCUT2D eigenvalue weighted by Gasteiger charge is -2.33. The van der Waals surface area contributed by atoms with Crippen molar-refractivity contribution in [1.82, 2.24) is 10.2 Å². The van der Waals surface area contributed by atoms with Crippen LogP contribution in [0.3, 0.4) is 0 Å². The summed E-state index contributed by atoms with van der Waals surface area (Å²) < 4.78 is 34.6. The van der Waals surface area contributed by atoms with Gasteiger partial charge in [-0.2, -0.15) is 0 Å². The molecule has 11 heteroatoms. The van der Waals surface area contributed by atoms with Gasteiger partial charge in [0.1, 0.15) is 18.3 Å². The number of sulfonamides is 1. The zero-order chi connectivity index (χ0) is 31.7. The van der Waals surface area contributed by atoms with Crippen molar-refractivity contribution < 1.29 is 22.7 Å². The molecule has 0 aromatic heterocycles. The Labute approximate surface area is 265 Å². The molecular formula is C32H39Cl2N3O5S. The van der Waals surface area contributed by atoms with Gasteiger partial charge in [-0.25, -0.2) is 8.42 Å². The quantitative estimate of drug-likeness (QED) is 0.216. The van der Waals surface area contributed by atoms with E-state index in [0.717, 1.165) is 9.87 Å². The summed E-state index contributed by atoms with van der Waals surface area (Å²) in [7, 11) is -4.18. The van der Waals surface area contributed by atoms with Gasteiger partial charge in [0.05, 0.1) is 17.2 Å². The fraction of sp³-hybridized carbons (Fsp3) is 0.375. The van der Waals surface area contributed by atoms with E-state index >= 15 is 0 Å². The van der Waals surface area contributed by atoms with E-state index in [1.165, 1.54) is 17.0 Å². The lowest BCUT2D eigenvalue weighted by molar-refractivity contribution is -0.140. The number of halogens is 2. The normalized spacial score (nSPS) is 12.1. The highest BCUT2D eigenvalue weighted by molar-refractivity contribution is 7.92. The largest absolute Gasteiger partial charge is 0.494 e. The highest BCUT2D eigenvalue weighted by atomic mass is 35.5. The van der Waals surface area contributed by atoms with E-state index in [9.17, 15) is 18.0 Å². The number of ether oxygens (including phenoxy) is 1. The van der Waals surface area contributed by atoms with Gasteiger partial charge < -0.3 is 15.0 Å². The molecule has 0 aliphatic rings. The van der Waals surface area contributed by atoms with Crippen molar-refractivity contribution in [2.45, 2.75) is 58.5 Å². The zero-order valence-corrected chi connectivity index (χ0v) is 27.5. The van der Waals surface area contributed by atoms with Crippen molar-refractivity contribution in [2.75, 3.05) is 24.0 Å². The molecule has 0 fully saturated rings. The maximum atomic E-state index is 14.2. The summed E-state index contributed by atoms with van der Waals surface area (Å²) in [6.07, 6.45) is 0.300. The number of nitrogens with one attached hydrogen (secondary N) is 1. The lowest BCUT2D eigenvalue weighted by atomic mass is 10.1. The fourth-order valence-corrected chi connectivity index (χ4v) is 6.30. The van der Waals surface area contributed by atoms with Crippen molar-refractivity contribution in [2.24, 2.45) is 5.92 Å². The molecule has 2 amide bonds. The van der Waals surface area contributed by atoms with E-state index in [1.807, 2.05) is 27.7 Å². The third-order valence-corrected chi connectivity index (χ3v) is 9.12. The Morgan fingerprint density at radius 1 is 0.953 bits per heavy atom. The predicted octanol–water partition coefficient (Wildman–Crippen LogP) is 6.48. The molecule has 8 nitrogen and oxygen atoms in total. The number of aryl methyl sites for hydroxylation is 1. The molecule has 1 N–H and O–H groups in total. The Bertz CT molecular complexity index is 1500. The summed E-state index contributed by atoms with van der Waals surface area (Å²) in [5, 5.41) is 3.67. The molecule has 0 heterocycles. The number of hydrogen-bond acceptors (Lipinski definition) is 5. The summed E-state index contributed by atoms with van der Waals surface area (Å²) in [6, 6.07) is 17.0. The molecule has 232 valence electrons. The standard InChI is InChI=1S/C32H39Cl2N3O5S/c1-6-30(32(39)35-19-22(3)4)36(20-24-10-11-25(33)18-29(24)34)31(38)21-37(26-12-14-27(15-13-26)42-7-2)43(40,41)28-16-8-23(5)9-17-28/h8-18,22,30H,6-7,19-21H2,1-5H3,(H,35,39)/t30-/m1/s1. The number of rotatable bonds is 14. The van der Waals surface area contributed by atoms with Crippen LogP contribution in [0.1, 0.15) is 45.2 Å². The topological polar surface area (TPSA) is 96.0 Å². The minimum Gasteiger partial charge on any atom is -0.494 e. The van der Waals surface area contributed by atoms with Crippen LogP contribution in [0.15, 0.2) is 71.6 Å². The van der Waals surface area contributed by atoms with Crippen molar-refractivity contribution in [3.8, 4) is 5.75 Å². The third kappa shape index (κ3) is 9.11. The van der Waals surface area contributed by atoms with E-state index in [4.69, 9.17) is 27.9 Å². The van der Waals surface area contributed by atoms with Crippen LogP contribution in [0, 0.1) is 12.8 Å². The number of anilines is 1. The second-order valence-electron chi connectivity index (χ2n) is 10.6. The van der Waals surface area contributed by atoms with Gasteiger partial charge in [-0.15, -0.1) is 0 Å². The first-order chi connectivity index (χ1) is 20.4. The Kier molecular flexibility index (Phi) is 12.3. The van der Waals surface area contributed by atoms with Crippen LogP contribution in [0.4, 0.5) is 5.69 Å². The lowest BCUT2D eigenvalue weighted by Crippen LogP contribution is -2.52. The fourth-order valence-electron chi connectivity index (χ4n) is 4.42. The minimum atomic E-state index is -4.18. The molecule has 0 spiro atoms. The van der Waals surface area contributed by atoms with Gasteiger partial charge in [-0.3, -0.25) is 13.9 Å². The molecule has 3 aromatic rings. The van der Waals surface area contributed by atoms with Gasteiger partial charge in [-0.05, 0) is 80.3 Å². The molecule has 1 atom stereocenters. The van der Waals surface area contributed by atoms with Gasteiger partial charge in [0.2, 0.25) is 11.8 Å². The van der Waals surface area contributed by atoms with Gasteiger partial charge in [0, 0.05) is 23.1 Å². The van der Waals surface area contributed by atoms with E-state index in [2.05, 4.69) is 5.32 Å². The van der Waals surface area contributed by atoms with Crippen LogP contribution in [0.25, 0.3) is 0 Å². The van der Waals surface area contributed by atoms with Crippen LogP contribution in [-0.2, 0) is 26.2 Å². The molecule has 3 rings (SSSR count). The van der Waals surface area contributed by atoms with E-state index < -0.39 is 28.5 Å². The molecule has 0 unspecified atom stereocenters. The molecule has 0 aliphatic heterocycles. The molecule has 0 aliphatic carbocycles. The second-order valence-corrected chi connectivity index (χ2v) is 13.3. The number of carbonyl (C=O) groups excluding carboxylic acids is 2. The van der Waals surface area contributed by atoms with Gasteiger partial charge in [-0.1, -0.05) is 67.7 Å². The van der Waals surface area contributed by atoms with Crippen molar-refractivity contribution in [3.63, 3.8) is 0 Å². The van der Waals surface area contributed by atoms with Gasteiger partial charge in [0.25, 0.3) is 10.0 Å². The van der Waals surface area contributed by atoms with Crippen LogP contribution in [0.5, 0.6) is 5.75 Å². The number of nitrogens with zero attached hydrogens (tertiary/aromatic N) is 2. The van der Waals surface area contributed by atoms with E-state index in [1.54, 1.807) is 61.5 Å². The summed E-state index contributed by atoms with van der Waals surface area (Å²) in [6.45, 7) is 9.76. The molecule has 0 radical (unpaired) electrons. The van der Waals surface area contributed by atoms with Gasteiger partial charge >= 0.3 is 0 Å². The summed E-state index contributed by atoms with van der Waals surface area (Å²) in [5.74, 6) is -0.131. The average Bonchev–Trinajstić information content (AvgIpc) is 2.96. The number of carbonyl (C=O) groups is 2.